The maximum Gasteiger partial charge on any atom is 0.224 e. The van der Waals surface area contributed by atoms with Crippen molar-refractivity contribution in [3.63, 3.8) is 0 Å². The number of ether oxygens (including phenoxy) is 2. The summed E-state index contributed by atoms with van der Waals surface area (Å²) in [5.41, 5.74) is -1.18. The van der Waals surface area contributed by atoms with E-state index >= 15 is 0 Å². The van der Waals surface area contributed by atoms with Crippen LogP contribution in [0.25, 0.3) is 0 Å². The second kappa shape index (κ2) is 13.7. The first-order chi connectivity index (χ1) is 18.9. The molecule has 2 aliphatic rings. The fourth-order valence-corrected chi connectivity index (χ4v) is 5.29. The Morgan fingerprint density at radius 3 is 2.33 bits per heavy atom. The summed E-state index contributed by atoms with van der Waals surface area (Å²) in [5.74, 6) is -0.902. The molecule has 3 N–H and O–H groups in total. The Hall–Kier alpha value is -2.78. The van der Waals surface area contributed by atoms with Gasteiger partial charge >= 0.3 is 0 Å². The Morgan fingerprint density at radius 2 is 1.77 bits per heavy atom. The zero-order chi connectivity index (χ0) is 29.5. The second-order valence-corrected chi connectivity index (χ2v) is 12.1. The van der Waals surface area contributed by atoms with Crippen LogP contribution in [0, 0.1) is 11.8 Å². The van der Waals surface area contributed by atoms with Crippen LogP contribution in [0.2, 0.25) is 0 Å². The molecule has 2 amide bonds. The lowest BCUT2D eigenvalue weighted by Gasteiger charge is -2.26. The molecular formula is C31H46N2O7. The molecule has 2 fully saturated rings. The molecule has 222 valence electrons. The largest absolute Gasteiger partial charge is 0.497 e. The van der Waals surface area contributed by atoms with Crippen molar-refractivity contribution in [2.45, 2.75) is 109 Å². The van der Waals surface area contributed by atoms with E-state index < -0.39 is 35.1 Å². The van der Waals surface area contributed by atoms with Crippen LogP contribution in [-0.4, -0.2) is 65.5 Å². The minimum Gasteiger partial charge on any atom is -0.497 e. The number of benzene rings is 1. The molecule has 9 nitrogen and oxygen atoms in total. The van der Waals surface area contributed by atoms with E-state index in [0.717, 1.165) is 31.2 Å². The van der Waals surface area contributed by atoms with Crippen molar-refractivity contribution in [3.05, 3.63) is 29.8 Å². The van der Waals surface area contributed by atoms with E-state index in [4.69, 9.17) is 9.47 Å². The number of epoxide rings is 1. The van der Waals surface area contributed by atoms with Gasteiger partial charge in [-0.15, -0.1) is 0 Å². The molecule has 0 bridgehead atoms. The normalized spacial score (nSPS) is 22.4. The van der Waals surface area contributed by atoms with Crippen LogP contribution in [0.5, 0.6) is 5.75 Å². The second-order valence-electron chi connectivity index (χ2n) is 12.1. The highest BCUT2D eigenvalue weighted by atomic mass is 16.6. The van der Waals surface area contributed by atoms with Crippen LogP contribution in [0.1, 0.15) is 84.6 Å². The summed E-state index contributed by atoms with van der Waals surface area (Å²) in [7, 11) is 1.57. The van der Waals surface area contributed by atoms with Crippen molar-refractivity contribution in [1.29, 1.82) is 0 Å². The number of Topliss-reactive ketones (excluding diaryl/α,β-unsaturated/α-hetero) is 2. The number of ketones is 2. The van der Waals surface area contributed by atoms with E-state index in [-0.39, 0.29) is 36.7 Å². The minimum absolute atomic E-state index is 0.110. The van der Waals surface area contributed by atoms with Gasteiger partial charge in [0, 0.05) is 12.3 Å². The van der Waals surface area contributed by atoms with Gasteiger partial charge in [-0.1, -0.05) is 44.7 Å². The summed E-state index contributed by atoms with van der Waals surface area (Å²) in [6.07, 6.45) is 5.34. The Balaban J connectivity index is 1.74. The van der Waals surface area contributed by atoms with Crippen molar-refractivity contribution >= 4 is 23.4 Å². The number of methoxy groups -OCH3 is 1. The zero-order valence-electron chi connectivity index (χ0n) is 24.6. The van der Waals surface area contributed by atoms with Gasteiger partial charge in [0.15, 0.2) is 11.6 Å². The molecule has 1 aliphatic carbocycles. The van der Waals surface area contributed by atoms with Crippen molar-refractivity contribution in [2.75, 3.05) is 13.7 Å². The Morgan fingerprint density at radius 1 is 1.15 bits per heavy atom. The summed E-state index contributed by atoms with van der Waals surface area (Å²) >= 11 is 0. The van der Waals surface area contributed by atoms with Gasteiger partial charge in [0.05, 0.1) is 37.8 Å². The number of hydrogen-bond acceptors (Lipinski definition) is 7. The first-order valence-electron chi connectivity index (χ1n) is 14.5. The van der Waals surface area contributed by atoms with Crippen molar-refractivity contribution < 1.29 is 33.8 Å². The lowest BCUT2D eigenvalue weighted by atomic mass is 9.88. The molecule has 5 atom stereocenters. The van der Waals surface area contributed by atoms with Crippen LogP contribution in [0.4, 0.5) is 0 Å². The predicted octanol–water partition coefficient (Wildman–Crippen LogP) is 3.29. The topological polar surface area (TPSA) is 134 Å². The number of carbonyl (C=O) groups is 4. The van der Waals surface area contributed by atoms with Crippen LogP contribution in [0.3, 0.4) is 0 Å². The lowest BCUT2D eigenvalue weighted by Crippen LogP contribution is -2.50. The van der Waals surface area contributed by atoms with E-state index in [1.165, 1.54) is 0 Å². The number of nitrogens with one attached hydrogen (secondary N) is 2. The molecule has 40 heavy (non-hydrogen) atoms. The molecule has 1 aromatic carbocycles. The summed E-state index contributed by atoms with van der Waals surface area (Å²) in [6.45, 7) is 7.04. The van der Waals surface area contributed by atoms with E-state index in [1.807, 2.05) is 12.1 Å². The Bertz CT molecular complexity index is 1040. The summed E-state index contributed by atoms with van der Waals surface area (Å²) < 4.78 is 10.6. The molecule has 1 aromatic rings. The van der Waals surface area contributed by atoms with Gasteiger partial charge in [0.2, 0.25) is 11.8 Å². The summed E-state index contributed by atoms with van der Waals surface area (Å²) in [6, 6.07) is 5.79. The third-order valence-electron chi connectivity index (χ3n) is 8.40. The van der Waals surface area contributed by atoms with Gasteiger partial charge in [0.25, 0.3) is 0 Å². The molecule has 9 heteroatoms. The first kappa shape index (κ1) is 31.7. The van der Waals surface area contributed by atoms with E-state index in [1.54, 1.807) is 46.9 Å². The lowest BCUT2D eigenvalue weighted by molar-refractivity contribution is -0.135. The molecule has 1 heterocycles. The van der Waals surface area contributed by atoms with Crippen LogP contribution < -0.4 is 15.4 Å². The van der Waals surface area contributed by atoms with Crippen LogP contribution in [-0.2, 0) is 30.3 Å². The molecule has 0 aromatic heterocycles. The molecule has 0 radical (unpaired) electrons. The van der Waals surface area contributed by atoms with Gasteiger partial charge in [-0.3, -0.25) is 19.2 Å². The minimum atomic E-state index is -1.16. The SMILES string of the molecule is CC[C@](C)(O)CC(=O)N[C@H](C)C(=O)C[C@@H](Cc1ccc(OC)cc1)C(=O)N[C@@H](CC1CCCC1)C(=O)[C@@]1(C)CO1. The number of carbonyl (C=O) groups excluding carboxylic acids is 4. The van der Waals surface area contributed by atoms with Gasteiger partial charge in [-0.2, -0.15) is 0 Å². The standard InChI is InChI=1S/C31H46N2O7/c1-6-30(3,38)18-27(35)32-20(2)26(34)17-23(15-22-11-13-24(39-5)14-12-22)29(37)33-25(16-21-9-7-8-10-21)28(36)31(4)19-40-31/h11-14,20-21,23,25,38H,6-10,15-19H2,1-5H3,(H,32,35)(H,33,37)/t20-,23-,25+,30+,31-/m1/s1. The highest BCUT2D eigenvalue weighted by Crippen LogP contribution is 2.34. The number of rotatable bonds is 16. The molecule has 3 rings (SSSR count). The third-order valence-corrected chi connectivity index (χ3v) is 8.40. The Labute approximate surface area is 237 Å². The van der Waals surface area contributed by atoms with Crippen LogP contribution in [0.15, 0.2) is 24.3 Å². The van der Waals surface area contributed by atoms with Gasteiger partial charge in [-0.05, 0) is 63.6 Å². The van der Waals surface area contributed by atoms with Crippen molar-refractivity contribution in [1.82, 2.24) is 10.6 Å². The first-order valence-corrected chi connectivity index (χ1v) is 14.5. The predicted molar refractivity (Wildman–Crippen MR) is 151 cm³/mol. The molecule has 1 saturated carbocycles. The number of amides is 2. The number of hydrogen-bond donors (Lipinski definition) is 3. The smallest absolute Gasteiger partial charge is 0.224 e. The fraction of sp³-hybridized carbons (Fsp3) is 0.677. The highest BCUT2D eigenvalue weighted by molar-refractivity contribution is 5.98. The van der Waals surface area contributed by atoms with E-state index in [0.29, 0.717) is 31.1 Å². The van der Waals surface area contributed by atoms with Crippen molar-refractivity contribution in [2.24, 2.45) is 11.8 Å². The average Bonchev–Trinajstić information content (AvgIpc) is 3.45. The Kier molecular flexibility index (Phi) is 10.9. The van der Waals surface area contributed by atoms with Gasteiger partial charge in [0.1, 0.15) is 11.4 Å². The molecule has 1 saturated heterocycles. The fourth-order valence-electron chi connectivity index (χ4n) is 5.29. The third kappa shape index (κ3) is 9.13. The highest BCUT2D eigenvalue weighted by Gasteiger charge is 2.50. The molecule has 0 spiro atoms. The van der Waals surface area contributed by atoms with Crippen molar-refractivity contribution in [3.8, 4) is 5.75 Å². The van der Waals surface area contributed by atoms with Crippen LogP contribution >= 0.6 is 0 Å². The van der Waals surface area contributed by atoms with Gasteiger partial charge < -0.3 is 25.2 Å². The molecular weight excluding hydrogens is 512 g/mol. The molecule has 1 aliphatic heterocycles. The monoisotopic (exact) mass is 558 g/mol. The maximum atomic E-state index is 13.7. The quantitative estimate of drug-likeness (QED) is 0.265. The summed E-state index contributed by atoms with van der Waals surface area (Å²) in [4.78, 5) is 52.7. The van der Waals surface area contributed by atoms with E-state index in [2.05, 4.69) is 10.6 Å². The average molecular weight is 559 g/mol. The molecule has 0 unspecified atom stereocenters. The van der Waals surface area contributed by atoms with Gasteiger partial charge in [-0.25, -0.2) is 0 Å². The summed E-state index contributed by atoms with van der Waals surface area (Å²) in [5, 5.41) is 15.9. The maximum absolute atomic E-state index is 13.7. The zero-order valence-corrected chi connectivity index (χ0v) is 24.6. The number of aliphatic hydroxyl groups is 1. The van der Waals surface area contributed by atoms with E-state index in [9.17, 15) is 24.3 Å².